The Kier molecular flexibility index (Phi) is 4.42. The Balaban J connectivity index is 1.98. The van der Waals surface area contributed by atoms with E-state index in [0.29, 0.717) is 6.54 Å². The SMILES string of the molecule is COc1ccc(CN(C)Cc2cc(=O)c(O)c[nH]2)cc1. The third-order valence-corrected chi connectivity index (χ3v) is 3.00. The summed E-state index contributed by atoms with van der Waals surface area (Å²) in [6, 6.07) is 9.28. The molecular weight excluding hydrogens is 256 g/mol. The Morgan fingerprint density at radius 2 is 1.95 bits per heavy atom. The summed E-state index contributed by atoms with van der Waals surface area (Å²) in [7, 11) is 3.61. The number of ether oxygens (including phenoxy) is 1. The van der Waals surface area contributed by atoms with Crippen LogP contribution in [0.4, 0.5) is 0 Å². The first-order valence-corrected chi connectivity index (χ1v) is 6.30. The fraction of sp³-hybridized carbons (Fsp3) is 0.267. The minimum Gasteiger partial charge on any atom is -0.503 e. The van der Waals surface area contributed by atoms with Gasteiger partial charge in [-0.15, -0.1) is 0 Å². The van der Waals surface area contributed by atoms with Crippen LogP contribution < -0.4 is 10.2 Å². The molecule has 5 heteroatoms. The molecule has 1 aromatic heterocycles. The number of pyridine rings is 1. The first kappa shape index (κ1) is 14.1. The van der Waals surface area contributed by atoms with E-state index in [-0.39, 0.29) is 11.2 Å². The van der Waals surface area contributed by atoms with Gasteiger partial charge in [0.25, 0.3) is 0 Å². The third-order valence-electron chi connectivity index (χ3n) is 3.00. The van der Waals surface area contributed by atoms with E-state index in [4.69, 9.17) is 4.74 Å². The number of aromatic amines is 1. The van der Waals surface area contributed by atoms with Gasteiger partial charge >= 0.3 is 0 Å². The zero-order valence-electron chi connectivity index (χ0n) is 11.6. The highest BCUT2D eigenvalue weighted by atomic mass is 16.5. The quantitative estimate of drug-likeness (QED) is 0.871. The molecule has 0 aliphatic rings. The number of nitrogens with zero attached hydrogens (tertiary/aromatic N) is 1. The van der Waals surface area contributed by atoms with Crippen molar-refractivity contribution in [3.8, 4) is 11.5 Å². The summed E-state index contributed by atoms with van der Waals surface area (Å²) in [5.41, 5.74) is 1.56. The molecule has 0 amide bonds. The highest BCUT2D eigenvalue weighted by molar-refractivity contribution is 5.27. The van der Waals surface area contributed by atoms with Gasteiger partial charge in [-0.05, 0) is 24.7 Å². The van der Waals surface area contributed by atoms with Crippen molar-refractivity contribution in [2.24, 2.45) is 0 Å². The number of nitrogens with one attached hydrogen (secondary N) is 1. The number of hydrogen-bond acceptors (Lipinski definition) is 4. The number of aromatic hydroxyl groups is 1. The number of methoxy groups -OCH3 is 1. The Morgan fingerprint density at radius 1 is 1.25 bits per heavy atom. The molecule has 2 rings (SSSR count). The lowest BCUT2D eigenvalue weighted by atomic mass is 10.2. The van der Waals surface area contributed by atoms with Gasteiger partial charge in [0.2, 0.25) is 5.43 Å². The van der Waals surface area contributed by atoms with Gasteiger partial charge in [-0.1, -0.05) is 12.1 Å². The van der Waals surface area contributed by atoms with E-state index in [1.54, 1.807) is 7.11 Å². The average molecular weight is 274 g/mol. The predicted molar refractivity (Wildman–Crippen MR) is 76.9 cm³/mol. The molecule has 20 heavy (non-hydrogen) atoms. The van der Waals surface area contributed by atoms with E-state index in [1.807, 2.05) is 31.3 Å². The largest absolute Gasteiger partial charge is 0.503 e. The van der Waals surface area contributed by atoms with Crippen LogP contribution in [0.5, 0.6) is 11.5 Å². The van der Waals surface area contributed by atoms with Crippen LogP contribution in [0.15, 0.2) is 41.3 Å². The van der Waals surface area contributed by atoms with Crippen LogP contribution in [-0.4, -0.2) is 29.1 Å². The van der Waals surface area contributed by atoms with Gasteiger partial charge in [0.15, 0.2) is 5.75 Å². The first-order valence-electron chi connectivity index (χ1n) is 6.30. The maximum absolute atomic E-state index is 11.3. The van der Waals surface area contributed by atoms with E-state index in [9.17, 15) is 9.90 Å². The molecular formula is C15H18N2O3. The van der Waals surface area contributed by atoms with Crippen molar-refractivity contribution in [2.45, 2.75) is 13.1 Å². The van der Waals surface area contributed by atoms with Crippen molar-refractivity contribution in [2.75, 3.05) is 14.2 Å². The molecule has 0 unspecified atom stereocenters. The molecule has 5 nitrogen and oxygen atoms in total. The van der Waals surface area contributed by atoms with Crippen molar-refractivity contribution < 1.29 is 9.84 Å². The van der Waals surface area contributed by atoms with Gasteiger partial charge in [-0.25, -0.2) is 0 Å². The van der Waals surface area contributed by atoms with Crippen LogP contribution in [0.3, 0.4) is 0 Å². The zero-order chi connectivity index (χ0) is 14.5. The molecule has 2 N–H and O–H groups in total. The van der Waals surface area contributed by atoms with Crippen molar-refractivity contribution in [3.05, 3.63) is 58.0 Å². The maximum Gasteiger partial charge on any atom is 0.223 e. The van der Waals surface area contributed by atoms with E-state index < -0.39 is 0 Å². The summed E-state index contributed by atoms with van der Waals surface area (Å²) in [6.45, 7) is 1.36. The topological polar surface area (TPSA) is 65.6 Å². The molecule has 106 valence electrons. The smallest absolute Gasteiger partial charge is 0.223 e. The van der Waals surface area contributed by atoms with E-state index >= 15 is 0 Å². The Bertz CT molecular complexity index is 620. The zero-order valence-corrected chi connectivity index (χ0v) is 11.6. The lowest BCUT2D eigenvalue weighted by molar-refractivity contribution is 0.314. The normalized spacial score (nSPS) is 10.8. The van der Waals surface area contributed by atoms with Crippen molar-refractivity contribution in [1.82, 2.24) is 9.88 Å². The summed E-state index contributed by atoms with van der Waals surface area (Å²) in [6.07, 6.45) is 1.32. The van der Waals surface area contributed by atoms with E-state index in [0.717, 1.165) is 23.6 Å². The number of H-pyrrole nitrogens is 1. The van der Waals surface area contributed by atoms with E-state index in [2.05, 4.69) is 9.88 Å². The van der Waals surface area contributed by atoms with Crippen molar-refractivity contribution >= 4 is 0 Å². The molecule has 0 bridgehead atoms. The average Bonchev–Trinajstić information content (AvgIpc) is 2.44. The van der Waals surface area contributed by atoms with Crippen LogP contribution in [0.2, 0.25) is 0 Å². The van der Waals surface area contributed by atoms with Crippen LogP contribution in [-0.2, 0) is 13.1 Å². The Morgan fingerprint density at radius 3 is 2.55 bits per heavy atom. The van der Waals surface area contributed by atoms with Gasteiger partial charge in [-0.3, -0.25) is 9.69 Å². The van der Waals surface area contributed by atoms with Gasteiger partial charge in [0.1, 0.15) is 5.75 Å². The molecule has 0 aliphatic carbocycles. The van der Waals surface area contributed by atoms with Crippen molar-refractivity contribution in [3.63, 3.8) is 0 Å². The van der Waals surface area contributed by atoms with E-state index in [1.165, 1.54) is 12.3 Å². The minimum absolute atomic E-state index is 0.258. The fourth-order valence-corrected chi connectivity index (χ4v) is 1.99. The summed E-state index contributed by atoms with van der Waals surface area (Å²) in [4.78, 5) is 16.3. The number of benzene rings is 1. The molecule has 1 heterocycles. The lowest BCUT2D eigenvalue weighted by Gasteiger charge is -2.16. The molecule has 0 radical (unpaired) electrons. The van der Waals surface area contributed by atoms with Crippen molar-refractivity contribution in [1.29, 1.82) is 0 Å². The van der Waals surface area contributed by atoms with Gasteiger partial charge < -0.3 is 14.8 Å². The van der Waals surface area contributed by atoms with Crippen LogP contribution in [0.1, 0.15) is 11.3 Å². The first-order chi connectivity index (χ1) is 9.58. The summed E-state index contributed by atoms with van der Waals surface area (Å²) in [5, 5.41) is 9.19. The standard InChI is InChI=1S/C15H18N2O3/c1-17(9-11-3-5-13(20-2)6-4-11)10-12-7-14(18)15(19)8-16-12/h3-8,19H,9-10H2,1-2H3,(H,16,18). The number of rotatable bonds is 5. The molecule has 0 saturated heterocycles. The summed E-state index contributed by atoms with van der Waals surface area (Å²) in [5.74, 6) is 0.575. The summed E-state index contributed by atoms with van der Waals surface area (Å²) < 4.78 is 5.12. The Labute approximate surface area is 117 Å². The molecule has 0 spiro atoms. The second-order valence-electron chi connectivity index (χ2n) is 4.73. The minimum atomic E-state index is -0.364. The molecule has 0 saturated carbocycles. The van der Waals surface area contributed by atoms with Gasteiger partial charge in [-0.2, -0.15) is 0 Å². The highest BCUT2D eigenvalue weighted by Crippen LogP contribution is 2.13. The monoisotopic (exact) mass is 274 g/mol. The summed E-state index contributed by atoms with van der Waals surface area (Å²) >= 11 is 0. The molecule has 0 atom stereocenters. The third kappa shape index (κ3) is 3.61. The Hall–Kier alpha value is -2.27. The fourth-order valence-electron chi connectivity index (χ4n) is 1.99. The number of aromatic nitrogens is 1. The molecule has 2 aromatic rings. The van der Waals surface area contributed by atoms with Gasteiger partial charge in [0, 0.05) is 31.0 Å². The highest BCUT2D eigenvalue weighted by Gasteiger charge is 2.04. The second kappa shape index (κ2) is 6.25. The molecule has 1 aromatic carbocycles. The number of hydrogen-bond donors (Lipinski definition) is 2. The molecule has 0 aliphatic heterocycles. The van der Waals surface area contributed by atoms with Gasteiger partial charge in [0.05, 0.1) is 7.11 Å². The predicted octanol–water partition coefficient (Wildman–Crippen LogP) is 1.72. The molecule has 0 fully saturated rings. The maximum atomic E-state index is 11.3. The second-order valence-corrected chi connectivity index (χ2v) is 4.73. The van der Waals surface area contributed by atoms with Crippen LogP contribution in [0, 0.1) is 0 Å². The van der Waals surface area contributed by atoms with Crippen LogP contribution >= 0.6 is 0 Å². The lowest BCUT2D eigenvalue weighted by Crippen LogP contribution is -2.19. The van der Waals surface area contributed by atoms with Crippen LogP contribution in [0.25, 0.3) is 0 Å².